The van der Waals surface area contributed by atoms with Gasteiger partial charge >= 0.3 is 0 Å². The molecule has 1 aromatic heterocycles. The Morgan fingerprint density at radius 1 is 1.33 bits per heavy atom. The number of fused-ring (bicyclic) bond motifs is 1. The molecule has 0 atom stereocenters. The Kier molecular flexibility index (Phi) is 3.14. The van der Waals surface area contributed by atoms with E-state index >= 15 is 0 Å². The lowest BCUT2D eigenvalue weighted by Crippen LogP contribution is -2.36. The minimum absolute atomic E-state index is 0.764. The van der Waals surface area contributed by atoms with Gasteiger partial charge in [-0.3, -0.25) is 4.68 Å². The highest BCUT2D eigenvalue weighted by molar-refractivity contribution is 6.31. The fraction of sp³-hybridized carbons (Fsp3) is 0.462. The Labute approximate surface area is 111 Å². The van der Waals surface area contributed by atoms with Gasteiger partial charge in [0, 0.05) is 36.2 Å². The second kappa shape index (κ2) is 4.78. The number of anilines is 1. The first kappa shape index (κ1) is 11.8. The van der Waals surface area contributed by atoms with Crippen molar-refractivity contribution in [2.24, 2.45) is 0 Å². The molecule has 1 aromatic carbocycles. The summed E-state index contributed by atoms with van der Waals surface area (Å²) in [5.41, 5.74) is 2.15. The fourth-order valence-electron chi connectivity index (χ4n) is 2.34. The van der Waals surface area contributed by atoms with Crippen molar-refractivity contribution in [2.45, 2.75) is 13.5 Å². The minimum Gasteiger partial charge on any atom is -0.378 e. The molecule has 5 heteroatoms. The summed E-state index contributed by atoms with van der Waals surface area (Å²) >= 11 is 6.20. The molecule has 4 nitrogen and oxygen atoms in total. The van der Waals surface area contributed by atoms with Crippen molar-refractivity contribution in [1.29, 1.82) is 0 Å². The fourth-order valence-corrected chi connectivity index (χ4v) is 2.56. The molecule has 0 spiro atoms. The van der Waals surface area contributed by atoms with Gasteiger partial charge in [0.15, 0.2) is 0 Å². The van der Waals surface area contributed by atoms with Gasteiger partial charge in [0.2, 0.25) is 0 Å². The van der Waals surface area contributed by atoms with E-state index in [-0.39, 0.29) is 0 Å². The summed E-state index contributed by atoms with van der Waals surface area (Å²) in [6.45, 7) is 6.28. The van der Waals surface area contributed by atoms with Gasteiger partial charge in [0.1, 0.15) is 5.52 Å². The molecular weight excluding hydrogens is 250 g/mol. The molecule has 0 N–H and O–H groups in total. The molecular formula is C13H16ClN3O. The second-order valence-corrected chi connectivity index (χ2v) is 4.88. The summed E-state index contributed by atoms with van der Waals surface area (Å²) in [4.78, 5) is 2.30. The average molecular weight is 266 g/mol. The lowest BCUT2D eigenvalue weighted by atomic mass is 10.2. The molecule has 18 heavy (non-hydrogen) atoms. The maximum absolute atomic E-state index is 6.20. The zero-order valence-corrected chi connectivity index (χ0v) is 11.2. The number of benzene rings is 1. The van der Waals surface area contributed by atoms with E-state index in [4.69, 9.17) is 16.3 Å². The van der Waals surface area contributed by atoms with Gasteiger partial charge in [-0.2, -0.15) is 5.10 Å². The SMILES string of the molecule is CCn1cc2cc(Cl)cc(N3CCOCC3)c2n1. The number of aromatic nitrogens is 2. The average Bonchev–Trinajstić information content (AvgIpc) is 2.81. The Morgan fingerprint density at radius 2 is 2.11 bits per heavy atom. The van der Waals surface area contributed by atoms with Crippen molar-refractivity contribution in [3.05, 3.63) is 23.4 Å². The number of aryl methyl sites for hydroxylation is 1. The van der Waals surface area contributed by atoms with Gasteiger partial charge in [-0.1, -0.05) is 11.6 Å². The van der Waals surface area contributed by atoms with Crippen molar-refractivity contribution in [1.82, 2.24) is 9.78 Å². The minimum atomic E-state index is 0.764. The van der Waals surface area contributed by atoms with Crippen LogP contribution in [0.3, 0.4) is 0 Å². The molecule has 0 amide bonds. The summed E-state index contributed by atoms with van der Waals surface area (Å²) in [6, 6.07) is 3.97. The first-order chi connectivity index (χ1) is 8.78. The van der Waals surface area contributed by atoms with Crippen LogP contribution in [-0.2, 0) is 11.3 Å². The topological polar surface area (TPSA) is 30.3 Å². The van der Waals surface area contributed by atoms with Crippen molar-refractivity contribution in [3.8, 4) is 0 Å². The van der Waals surface area contributed by atoms with E-state index < -0.39 is 0 Å². The van der Waals surface area contributed by atoms with Crippen LogP contribution in [0.1, 0.15) is 6.92 Å². The van der Waals surface area contributed by atoms with Gasteiger partial charge in [-0.05, 0) is 19.1 Å². The molecule has 0 bridgehead atoms. The van der Waals surface area contributed by atoms with Crippen LogP contribution in [0.4, 0.5) is 5.69 Å². The number of hydrogen-bond donors (Lipinski definition) is 0. The van der Waals surface area contributed by atoms with E-state index in [0.29, 0.717) is 0 Å². The summed E-state index contributed by atoms with van der Waals surface area (Å²) in [7, 11) is 0. The van der Waals surface area contributed by atoms with Gasteiger partial charge < -0.3 is 9.64 Å². The molecule has 1 aliphatic heterocycles. The van der Waals surface area contributed by atoms with E-state index in [0.717, 1.165) is 54.5 Å². The van der Waals surface area contributed by atoms with Crippen LogP contribution in [0, 0.1) is 0 Å². The monoisotopic (exact) mass is 265 g/mol. The number of hydrogen-bond acceptors (Lipinski definition) is 3. The van der Waals surface area contributed by atoms with E-state index in [1.54, 1.807) is 0 Å². The quantitative estimate of drug-likeness (QED) is 0.836. The number of ether oxygens (including phenoxy) is 1. The van der Waals surface area contributed by atoms with Crippen molar-refractivity contribution < 1.29 is 4.74 Å². The summed E-state index contributed by atoms with van der Waals surface area (Å²) in [5.74, 6) is 0. The molecule has 96 valence electrons. The maximum atomic E-state index is 6.20. The van der Waals surface area contributed by atoms with E-state index in [2.05, 4.69) is 16.9 Å². The summed E-state index contributed by atoms with van der Waals surface area (Å²) < 4.78 is 7.34. The van der Waals surface area contributed by atoms with E-state index in [9.17, 15) is 0 Å². The highest BCUT2D eigenvalue weighted by Gasteiger charge is 2.16. The zero-order chi connectivity index (χ0) is 12.5. The Morgan fingerprint density at radius 3 is 2.83 bits per heavy atom. The largest absolute Gasteiger partial charge is 0.378 e. The van der Waals surface area contributed by atoms with Gasteiger partial charge in [0.05, 0.1) is 18.9 Å². The zero-order valence-electron chi connectivity index (χ0n) is 10.4. The first-order valence-electron chi connectivity index (χ1n) is 6.27. The third kappa shape index (κ3) is 2.06. The standard InChI is InChI=1S/C13H16ClN3O/c1-2-17-9-10-7-11(14)8-12(13(10)15-17)16-3-5-18-6-4-16/h7-9H,2-6H2,1H3. The Bertz CT molecular complexity index is 561. The van der Waals surface area contributed by atoms with Crippen molar-refractivity contribution in [3.63, 3.8) is 0 Å². The molecule has 2 aromatic rings. The summed E-state index contributed by atoms with van der Waals surface area (Å²) in [6.07, 6.45) is 2.05. The number of rotatable bonds is 2. The third-order valence-corrected chi connectivity index (χ3v) is 3.49. The van der Waals surface area contributed by atoms with Crippen LogP contribution < -0.4 is 4.90 Å². The molecule has 0 radical (unpaired) electrons. The van der Waals surface area contributed by atoms with Crippen LogP contribution in [0.25, 0.3) is 10.9 Å². The highest BCUT2D eigenvalue weighted by atomic mass is 35.5. The molecule has 0 unspecified atom stereocenters. The van der Waals surface area contributed by atoms with Crippen LogP contribution >= 0.6 is 11.6 Å². The molecule has 1 fully saturated rings. The van der Waals surface area contributed by atoms with Crippen LogP contribution in [0.5, 0.6) is 0 Å². The molecule has 1 saturated heterocycles. The predicted octanol–water partition coefficient (Wildman–Crippen LogP) is 2.55. The normalized spacial score (nSPS) is 16.4. The third-order valence-electron chi connectivity index (χ3n) is 3.28. The second-order valence-electron chi connectivity index (χ2n) is 4.45. The van der Waals surface area contributed by atoms with Crippen LogP contribution in [0.2, 0.25) is 5.02 Å². The first-order valence-corrected chi connectivity index (χ1v) is 6.65. The smallest absolute Gasteiger partial charge is 0.116 e. The number of halogens is 1. The summed E-state index contributed by atoms with van der Waals surface area (Å²) in [5, 5.41) is 6.49. The maximum Gasteiger partial charge on any atom is 0.116 e. The Hall–Kier alpha value is -1.26. The molecule has 0 aliphatic carbocycles. The molecule has 0 saturated carbocycles. The van der Waals surface area contributed by atoms with Gasteiger partial charge in [-0.25, -0.2) is 0 Å². The molecule has 1 aliphatic rings. The number of morpholine rings is 1. The van der Waals surface area contributed by atoms with E-state index in [1.165, 1.54) is 0 Å². The van der Waals surface area contributed by atoms with Crippen LogP contribution in [0.15, 0.2) is 18.3 Å². The lowest BCUT2D eigenvalue weighted by molar-refractivity contribution is 0.123. The predicted molar refractivity (Wildman–Crippen MR) is 73.4 cm³/mol. The molecule has 3 rings (SSSR count). The number of nitrogens with zero attached hydrogens (tertiary/aromatic N) is 3. The van der Waals surface area contributed by atoms with Gasteiger partial charge in [0.25, 0.3) is 0 Å². The van der Waals surface area contributed by atoms with E-state index in [1.807, 2.05) is 23.0 Å². The van der Waals surface area contributed by atoms with Gasteiger partial charge in [-0.15, -0.1) is 0 Å². The van der Waals surface area contributed by atoms with Crippen molar-refractivity contribution in [2.75, 3.05) is 31.2 Å². The Balaban J connectivity index is 2.10. The highest BCUT2D eigenvalue weighted by Crippen LogP contribution is 2.30. The van der Waals surface area contributed by atoms with Crippen molar-refractivity contribution >= 4 is 28.2 Å². The lowest BCUT2D eigenvalue weighted by Gasteiger charge is -2.29. The van der Waals surface area contributed by atoms with Crippen LogP contribution in [-0.4, -0.2) is 36.1 Å². The molecule has 2 heterocycles.